The van der Waals surface area contributed by atoms with E-state index in [0.717, 1.165) is 0 Å². The molecule has 0 aliphatic rings. The fraction of sp³-hybridized carbons (Fsp3) is 0.208. The van der Waals surface area contributed by atoms with Gasteiger partial charge in [-0.05, 0) is 54.3 Å². The van der Waals surface area contributed by atoms with Crippen LogP contribution in [-0.2, 0) is 4.79 Å². The highest BCUT2D eigenvalue weighted by molar-refractivity contribution is 7.12. The molecule has 8 heteroatoms. The van der Waals surface area contributed by atoms with E-state index in [1.165, 1.54) is 23.3 Å². The summed E-state index contributed by atoms with van der Waals surface area (Å²) in [6.45, 7) is 2.30. The lowest BCUT2D eigenvalue weighted by atomic mass is 10.1. The highest BCUT2D eigenvalue weighted by atomic mass is 32.1. The number of nitrogens with one attached hydrogen (secondary N) is 2. The van der Waals surface area contributed by atoms with Crippen LogP contribution < -0.4 is 15.4 Å². The largest absolute Gasteiger partial charge is 0.495 e. The number of rotatable bonds is 9. The van der Waals surface area contributed by atoms with Gasteiger partial charge in [0.1, 0.15) is 12.3 Å². The number of carbonyl (C=O) groups is 3. The molecule has 2 aromatic carbocycles. The summed E-state index contributed by atoms with van der Waals surface area (Å²) in [7, 11) is 1.53. The van der Waals surface area contributed by atoms with Gasteiger partial charge in [0.2, 0.25) is 5.91 Å². The SMILES string of the molecule is CCCN(CC(=O)Nc1ccccc1OC)C(=O)c1ccc(NC(=O)c2cccs2)cc1. The van der Waals surface area contributed by atoms with E-state index in [2.05, 4.69) is 10.6 Å². The average Bonchev–Trinajstić information content (AvgIpc) is 3.34. The molecule has 1 aromatic heterocycles. The van der Waals surface area contributed by atoms with Gasteiger partial charge in [0.05, 0.1) is 17.7 Å². The molecule has 0 bridgehead atoms. The highest BCUT2D eigenvalue weighted by Crippen LogP contribution is 2.23. The summed E-state index contributed by atoms with van der Waals surface area (Å²) in [6.07, 6.45) is 0.711. The van der Waals surface area contributed by atoms with Crippen molar-refractivity contribution in [2.24, 2.45) is 0 Å². The molecule has 0 saturated heterocycles. The number of nitrogens with zero attached hydrogens (tertiary/aromatic N) is 1. The number of ether oxygens (including phenoxy) is 1. The zero-order valence-corrected chi connectivity index (χ0v) is 18.8. The molecule has 1 heterocycles. The molecule has 0 aliphatic heterocycles. The van der Waals surface area contributed by atoms with E-state index in [9.17, 15) is 14.4 Å². The molecule has 0 atom stereocenters. The summed E-state index contributed by atoms with van der Waals surface area (Å²) >= 11 is 1.36. The van der Waals surface area contributed by atoms with Crippen molar-refractivity contribution in [1.82, 2.24) is 4.90 Å². The number of hydrogen-bond donors (Lipinski definition) is 2. The molecule has 3 rings (SSSR count). The predicted octanol–water partition coefficient (Wildman–Crippen LogP) is 4.50. The lowest BCUT2D eigenvalue weighted by molar-refractivity contribution is -0.116. The fourth-order valence-corrected chi connectivity index (χ4v) is 3.73. The number of amides is 3. The molecule has 3 amide bonds. The third-order valence-corrected chi connectivity index (χ3v) is 5.50. The van der Waals surface area contributed by atoms with Crippen molar-refractivity contribution in [3.8, 4) is 5.75 Å². The van der Waals surface area contributed by atoms with Crippen molar-refractivity contribution >= 4 is 40.4 Å². The van der Waals surface area contributed by atoms with Crippen molar-refractivity contribution in [2.45, 2.75) is 13.3 Å². The topological polar surface area (TPSA) is 87.7 Å². The third kappa shape index (κ3) is 5.95. The molecule has 0 aliphatic carbocycles. The summed E-state index contributed by atoms with van der Waals surface area (Å²) in [4.78, 5) is 39.9. The smallest absolute Gasteiger partial charge is 0.265 e. The van der Waals surface area contributed by atoms with Gasteiger partial charge in [-0.2, -0.15) is 0 Å². The van der Waals surface area contributed by atoms with Crippen molar-refractivity contribution < 1.29 is 19.1 Å². The predicted molar refractivity (Wildman–Crippen MR) is 127 cm³/mol. The van der Waals surface area contributed by atoms with Crippen LogP contribution in [0.15, 0.2) is 66.0 Å². The number of hydrogen-bond acceptors (Lipinski definition) is 5. The van der Waals surface area contributed by atoms with E-state index in [1.54, 1.807) is 48.5 Å². The molecule has 32 heavy (non-hydrogen) atoms. The van der Waals surface area contributed by atoms with Crippen LogP contribution in [0.3, 0.4) is 0 Å². The van der Waals surface area contributed by atoms with Crippen LogP contribution in [0.1, 0.15) is 33.4 Å². The minimum atomic E-state index is -0.309. The Kier molecular flexibility index (Phi) is 7.99. The molecule has 3 aromatic rings. The lowest BCUT2D eigenvalue weighted by Gasteiger charge is -2.22. The Hall–Kier alpha value is -3.65. The number of benzene rings is 2. The molecule has 0 fully saturated rings. The van der Waals surface area contributed by atoms with Crippen LogP contribution in [0.2, 0.25) is 0 Å². The van der Waals surface area contributed by atoms with Crippen LogP contribution in [0.4, 0.5) is 11.4 Å². The fourth-order valence-electron chi connectivity index (χ4n) is 3.11. The Morgan fingerprint density at radius 2 is 1.72 bits per heavy atom. The molecule has 0 saturated carbocycles. The van der Waals surface area contributed by atoms with Gasteiger partial charge in [-0.15, -0.1) is 11.3 Å². The number of carbonyl (C=O) groups excluding carboxylic acids is 3. The summed E-state index contributed by atoms with van der Waals surface area (Å²) in [5, 5.41) is 7.44. The Labute approximate surface area is 191 Å². The van der Waals surface area contributed by atoms with E-state index in [1.807, 2.05) is 24.4 Å². The van der Waals surface area contributed by atoms with Crippen molar-refractivity contribution in [3.05, 3.63) is 76.5 Å². The normalized spacial score (nSPS) is 10.3. The summed E-state index contributed by atoms with van der Waals surface area (Å²) < 4.78 is 5.25. The monoisotopic (exact) mass is 451 g/mol. The van der Waals surface area contributed by atoms with E-state index in [0.29, 0.717) is 40.5 Å². The van der Waals surface area contributed by atoms with E-state index in [-0.39, 0.29) is 24.3 Å². The first kappa shape index (κ1) is 23.0. The second kappa shape index (κ2) is 11.1. The molecule has 0 spiro atoms. The van der Waals surface area contributed by atoms with Gasteiger partial charge in [-0.3, -0.25) is 14.4 Å². The number of anilines is 2. The van der Waals surface area contributed by atoms with Gasteiger partial charge >= 0.3 is 0 Å². The van der Waals surface area contributed by atoms with E-state index >= 15 is 0 Å². The highest BCUT2D eigenvalue weighted by Gasteiger charge is 2.19. The average molecular weight is 452 g/mol. The first-order valence-corrected chi connectivity index (χ1v) is 11.1. The molecule has 0 unspecified atom stereocenters. The molecule has 7 nitrogen and oxygen atoms in total. The van der Waals surface area contributed by atoms with Crippen LogP contribution >= 0.6 is 11.3 Å². The van der Waals surface area contributed by atoms with Crippen molar-refractivity contribution in [2.75, 3.05) is 30.8 Å². The van der Waals surface area contributed by atoms with Gasteiger partial charge in [0, 0.05) is 17.8 Å². The maximum absolute atomic E-state index is 13.0. The quantitative estimate of drug-likeness (QED) is 0.501. The Morgan fingerprint density at radius 1 is 0.969 bits per heavy atom. The molecular formula is C24H25N3O4S. The minimum absolute atomic E-state index is 0.0818. The second-order valence-corrected chi connectivity index (χ2v) is 7.93. The number of methoxy groups -OCH3 is 1. The molecular weight excluding hydrogens is 426 g/mol. The zero-order valence-electron chi connectivity index (χ0n) is 18.0. The number of thiophene rings is 1. The summed E-state index contributed by atoms with van der Waals surface area (Å²) in [5.74, 6) is -0.205. The second-order valence-electron chi connectivity index (χ2n) is 6.98. The lowest BCUT2D eigenvalue weighted by Crippen LogP contribution is -2.38. The molecule has 166 valence electrons. The van der Waals surface area contributed by atoms with Gasteiger partial charge < -0.3 is 20.3 Å². The maximum Gasteiger partial charge on any atom is 0.265 e. The van der Waals surface area contributed by atoms with Gasteiger partial charge in [0.25, 0.3) is 11.8 Å². The van der Waals surface area contributed by atoms with Crippen LogP contribution in [0.5, 0.6) is 5.75 Å². The van der Waals surface area contributed by atoms with E-state index < -0.39 is 0 Å². The van der Waals surface area contributed by atoms with Gasteiger partial charge in [0.15, 0.2) is 0 Å². The van der Waals surface area contributed by atoms with Gasteiger partial charge in [-0.1, -0.05) is 25.1 Å². The Morgan fingerprint density at radius 3 is 2.38 bits per heavy atom. The Bertz CT molecular complexity index is 1070. The van der Waals surface area contributed by atoms with Crippen LogP contribution in [0.25, 0.3) is 0 Å². The number of para-hydroxylation sites is 2. The first-order valence-electron chi connectivity index (χ1n) is 10.2. The maximum atomic E-state index is 13.0. The van der Waals surface area contributed by atoms with Crippen LogP contribution in [0, 0.1) is 0 Å². The molecule has 0 radical (unpaired) electrons. The summed E-state index contributed by atoms with van der Waals surface area (Å²) in [6, 6.07) is 17.3. The Balaban J connectivity index is 1.64. The van der Waals surface area contributed by atoms with Gasteiger partial charge in [-0.25, -0.2) is 0 Å². The van der Waals surface area contributed by atoms with Crippen LogP contribution in [-0.4, -0.2) is 42.8 Å². The molecule has 2 N–H and O–H groups in total. The van der Waals surface area contributed by atoms with Crippen molar-refractivity contribution in [1.29, 1.82) is 0 Å². The first-order chi connectivity index (χ1) is 15.5. The third-order valence-electron chi connectivity index (χ3n) is 4.63. The van der Waals surface area contributed by atoms with E-state index in [4.69, 9.17) is 4.74 Å². The summed E-state index contributed by atoms with van der Waals surface area (Å²) in [5.41, 5.74) is 1.59. The standard InChI is InChI=1S/C24H25N3O4S/c1-3-14-27(16-22(28)26-19-7-4-5-8-20(19)31-2)24(30)17-10-12-18(13-11-17)25-23(29)21-9-6-15-32-21/h4-13,15H,3,14,16H2,1-2H3,(H,25,29)(H,26,28). The minimum Gasteiger partial charge on any atom is -0.495 e. The van der Waals surface area contributed by atoms with Crippen molar-refractivity contribution in [3.63, 3.8) is 0 Å². The zero-order chi connectivity index (χ0) is 22.9.